The van der Waals surface area contributed by atoms with Gasteiger partial charge in [-0.1, -0.05) is 29.8 Å². The molecule has 2 aromatic rings. The summed E-state index contributed by atoms with van der Waals surface area (Å²) in [5.74, 6) is 0.330. The zero-order valence-electron chi connectivity index (χ0n) is 20.0. The van der Waals surface area contributed by atoms with Crippen LogP contribution in [0, 0.1) is 6.92 Å². The zero-order chi connectivity index (χ0) is 24.6. The largest absolute Gasteiger partial charge is 0.496 e. The van der Waals surface area contributed by atoms with Crippen molar-refractivity contribution in [3.05, 3.63) is 71.8 Å². The lowest BCUT2D eigenvalue weighted by molar-refractivity contribution is 0.0939. The molecule has 3 rings (SSSR count). The molecule has 1 aliphatic rings. The van der Waals surface area contributed by atoms with Crippen molar-refractivity contribution in [3.63, 3.8) is 0 Å². The van der Waals surface area contributed by atoms with Gasteiger partial charge in [0.2, 0.25) is 0 Å². The zero-order valence-corrected chi connectivity index (χ0v) is 20.8. The quantitative estimate of drug-likeness (QED) is 0.280. The molecule has 0 spiro atoms. The Kier molecular flexibility index (Phi) is 9.27. The highest BCUT2D eigenvalue weighted by Crippen LogP contribution is 2.22. The maximum absolute atomic E-state index is 12.9. The highest BCUT2D eigenvalue weighted by molar-refractivity contribution is 7.86. The fourth-order valence-electron chi connectivity index (χ4n) is 4.14. The molecular formula is C26H34N2O5S. The molecule has 0 saturated carbocycles. The lowest BCUT2D eigenvalue weighted by atomic mass is 10.0. The number of ether oxygens (including phenoxy) is 1. The van der Waals surface area contributed by atoms with E-state index in [-0.39, 0.29) is 17.4 Å². The number of carbonyl (C=O) groups is 1. The predicted molar refractivity (Wildman–Crippen MR) is 133 cm³/mol. The number of hydrogen-bond acceptors (Lipinski definition) is 6. The van der Waals surface area contributed by atoms with E-state index in [4.69, 9.17) is 8.92 Å². The second-order valence-corrected chi connectivity index (χ2v) is 10.1. The Hall–Kier alpha value is -2.68. The van der Waals surface area contributed by atoms with Crippen LogP contribution in [0.4, 0.5) is 0 Å². The molecule has 34 heavy (non-hydrogen) atoms. The number of nitrogens with zero attached hydrogens (tertiary/aromatic N) is 1. The van der Waals surface area contributed by atoms with Crippen LogP contribution in [0.1, 0.15) is 40.7 Å². The predicted octanol–water partition coefficient (Wildman–Crippen LogP) is 3.72. The van der Waals surface area contributed by atoms with Crippen LogP contribution in [-0.2, 0) is 20.7 Å². The molecule has 1 atom stereocenters. The summed E-state index contributed by atoms with van der Waals surface area (Å²) >= 11 is 0. The molecule has 1 fully saturated rings. The van der Waals surface area contributed by atoms with Gasteiger partial charge in [-0.2, -0.15) is 8.42 Å². The molecule has 0 radical (unpaired) electrons. The van der Waals surface area contributed by atoms with Crippen LogP contribution in [0.2, 0.25) is 0 Å². The van der Waals surface area contributed by atoms with Crippen LogP contribution in [0.3, 0.4) is 0 Å². The Morgan fingerprint density at radius 2 is 2.00 bits per heavy atom. The summed E-state index contributed by atoms with van der Waals surface area (Å²) in [6, 6.07) is 12.3. The molecule has 0 unspecified atom stereocenters. The van der Waals surface area contributed by atoms with Gasteiger partial charge in [-0.3, -0.25) is 13.9 Å². The fourth-order valence-corrected chi connectivity index (χ4v) is 5.09. The van der Waals surface area contributed by atoms with Crippen molar-refractivity contribution in [2.24, 2.45) is 0 Å². The third kappa shape index (κ3) is 6.91. The molecule has 184 valence electrons. The summed E-state index contributed by atoms with van der Waals surface area (Å²) in [7, 11) is -2.24. The first-order chi connectivity index (χ1) is 16.3. The van der Waals surface area contributed by atoms with Crippen LogP contribution in [0.25, 0.3) is 0 Å². The van der Waals surface area contributed by atoms with E-state index in [0.29, 0.717) is 36.7 Å². The highest BCUT2D eigenvalue weighted by Gasteiger charge is 2.24. The van der Waals surface area contributed by atoms with Gasteiger partial charge in [0.05, 0.1) is 24.2 Å². The number of hydrogen-bond donors (Lipinski definition) is 1. The number of methoxy groups -OCH3 is 1. The lowest BCUT2D eigenvalue weighted by Gasteiger charge is -2.23. The van der Waals surface area contributed by atoms with E-state index in [1.807, 2.05) is 19.1 Å². The first kappa shape index (κ1) is 25.9. The van der Waals surface area contributed by atoms with E-state index in [9.17, 15) is 13.2 Å². The minimum Gasteiger partial charge on any atom is -0.496 e. The van der Waals surface area contributed by atoms with E-state index >= 15 is 0 Å². The monoisotopic (exact) mass is 486 g/mol. The van der Waals surface area contributed by atoms with Gasteiger partial charge in [0.1, 0.15) is 5.75 Å². The van der Waals surface area contributed by atoms with Crippen molar-refractivity contribution in [1.82, 2.24) is 10.2 Å². The molecule has 1 aliphatic heterocycles. The van der Waals surface area contributed by atoms with Gasteiger partial charge in [-0.15, -0.1) is 6.58 Å². The number of nitrogens with one attached hydrogen (secondary N) is 1. The molecule has 1 saturated heterocycles. The third-order valence-electron chi connectivity index (χ3n) is 6.03. The number of rotatable bonds is 12. The average molecular weight is 487 g/mol. The SMILES string of the molecule is C=CCN1CCC[C@H]1CNC(=O)c1cc(CCCOS(=O)(=O)c2ccc(C)cc2)ccc1OC. The van der Waals surface area contributed by atoms with Gasteiger partial charge in [-0.25, -0.2) is 0 Å². The highest BCUT2D eigenvalue weighted by atomic mass is 32.2. The van der Waals surface area contributed by atoms with E-state index in [0.717, 1.165) is 37.1 Å². The molecule has 8 heteroatoms. The topological polar surface area (TPSA) is 84.9 Å². The van der Waals surface area contributed by atoms with Gasteiger partial charge in [0, 0.05) is 19.1 Å². The number of carbonyl (C=O) groups excluding carboxylic acids is 1. The van der Waals surface area contributed by atoms with Crippen LogP contribution in [0.15, 0.2) is 60.0 Å². The molecule has 0 aromatic heterocycles. The van der Waals surface area contributed by atoms with Gasteiger partial charge in [0.25, 0.3) is 16.0 Å². The van der Waals surface area contributed by atoms with Crippen molar-refractivity contribution >= 4 is 16.0 Å². The minimum absolute atomic E-state index is 0.0601. The summed E-state index contributed by atoms with van der Waals surface area (Å²) in [4.78, 5) is 15.4. The lowest BCUT2D eigenvalue weighted by Crippen LogP contribution is -2.40. The summed E-state index contributed by atoms with van der Waals surface area (Å²) in [5.41, 5.74) is 2.37. The summed E-state index contributed by atoms with van der Waals surface area (Å²) in [6.07, 6.45) is 5.13. The van der Waals surface area contributed by atoms with Crippen LogP contribution < -0.4 is 10.1 Å². The Morgan fingerprint density at radius 3 is 2.71 bits per heavy atom. The second kappa shape index (κ2) is 12.1. The van der Waals surface area contributed by atoms with Gasteiger partial charge >= 0.3 is 0 Å². The van der Waals surface area contributed by atoms with E-state index in [2.05, 4.69) is 16.8 Å². The normalized spacial score (nSPS) is 16.4. The van der Waals surface area contributed by atoms with Crippen LogP contribution >= 0.6 is 0 Å². The van der Waals surface area contributed by atoms with Crippen LogP contribution in [-0.4, -0.2) is 58.6 Å². The van der Waals surface area contributed by atoms with E-state index in [1.54, 1.807) is 43.5 Å². The van der Waals surface area contributed by atoms with Gasteiger partial charge in [0.15, 0.2) is 0 Å². The summed E-state index contributed by atoms with van der Waals surface area (Å²) in [6.45, 7) is 8.18. The molecule has 0 aliphatic carbocycles. The second-order valence-electron chi connectivity index (χ2n) is 8.52. The fraction of sp³-hybridized carbons (Fsp3) is 0.423. The first-order valence-electron chi connectivity index (χ1n) is 11.6. The van der Waals surface area contributed by atoms with Crippen LogP contribution in [0.5, 0.6) is 5.75 Å². The smallest absolute Gasteiger partial charge is 0.296 e. The average Bonchev–Trinajstić information content (AvgIpc) is 3.27. The minimum atomic E-state index is -3.78. The first-order valence-corrected chi connectivity index (χ1v) is 13.0. The molecule has 1 N–H and O–H groups in total. The number of benzene rings is 2. The van der Waals surface area contributed by atoms with Crippen molar-refractivity contribution < 1.29 is 22.1 Å². The van der Waals surface area contributed by atoms with Gasteiger partial charge < -0.3 is 10.1 Å². The number of aryl methyl sites for hydroxylation is 2. The molecule has 1 heterocycles. The molecule has 1 amide bonds. The van der Waals surface area contributed by atoms with Gasteiger partial charge in [-0.05, 0) is 69.0 Å². The Morgan fingerprint density at radius 1 is 1.24 bits per heavy atom. The Labute approximate surface area is 202 Å². The summed E-state index contributed by atoms with van der Waals surface area (Å²) in [5, 5.41) is 3.04. The maximum Gasteiger partial charge on any atom is 0.296 e. The molecule has 2 aromatic carbocycles. The number of amides is 1. The van der Waals surface area contributed by atoms with Crippen molar-refractivity contribution in [3.8, 4) is 5.75 Å². The third-order valence-corrected chi connectivity index (χ3v) is 7.35. The molecule has 7 nitrogen and oxygen atoms in total. The number of likely N-dealkylation sites (tertiary alicyclic amines) is 1. The standard InChI is InChI=1S/C26H34N2O5S/c1-4-15-28-16-5-8-22(28)19-27-26(29)24-18-21(11-14-25(24)32-3)7-6-17-33-34(30,31)23-12-9-20(2)10-13-23/h4,9-14,18,22H,1,5-8,15-17,19H2,2-3H3,(H,27,29)/t22-/m0/s1. The Balaban J connectivity index is 1.55. The van der Waals surface area contributed by atoms with Crippen molar-refractivity contribution in [2.45, 2.75) is 43.5 Å². The maximum atomic E-state index is 12.9. The van der Waals surface area contributed by atoms with Crippen molar-refractivity contribution in [1.29, 1.82) is 0 Å². The van der Waals surface area contributed by atoms with Crippen molar-refractivity contribution in [2.75, 3.05) is 33.4 Å². The van der Waals surface area contributed by atoms with E-state index < -0.39 is 10.1 Å². The molecule has 0 bridgehead atoms. The van der Waals surface area contributed by atoms with E-state index in [1.165, 1.54) is 0 Å². The molecular weight excluding hydrogens is 452 g/mol. The summed E-state index contributed by atoms with van der Waals surface area (Å²) < 4.78 is 35.2. The Bertz CT molecular complexity index is 1080.